The Morgan fingerprint density at radius 3 is 2.87 bits per heavy atom. The molecule has 1 heterocycles. The van der Waals surface area contributed by atoms with E-state index in [9.17, 15) is 4.79 Å². The average Bonchev–Trinajstić information content (AvgIpc) is 2.63. The molecule has 0 fully saturated rings. The number of carbonyl (C=O) groups excluding carboxylic acids is 1. The molecular weight excluding hydrogens is 194 g/mol. The fourth-order valence-corrected chi connectivity index (χ4v) is 1.10. The first-order valence-corrected chi connectivity index (χ1v) is 4.99. The van der Waals surface area contributed by atoms with Gasteiger partial charge in [0, 0.05) is 13.7 Å². The lowest BCUT2D eigenvalue weighted by molar-refractivity contribution is 0.0912. The third-order valence-electron chi connectivity index (χ3n) is 1.84. The van der Waals surface area contributed by atoms with Gasteiger partial charge in [-0.1, -0.05) is 13.8 Å². The molecule has 0 aliphatic heterocycles. The summed E-state index contributed by atoms with van der Waals surface area (Å²) in [6.45, 7) is 5.12. The summed E-state index contributed by atoms with van der Waals surface area (Å²) in [5.74, 6) is 1.25. The molecule has 1 aromatic rings. The summed E-state index contributed by atoms with van der Waals surface area (Å²) in [4.78, 5) is 11.5. The van der Waals surface area contributed by atoms with E-state index < -0.39 is 0 Å². The van der Waals surface area contributed by atoms with E-state index >= 15 is 0 Å². The van der Waals surface area contributed by atoms with Crippen molar-refractivity contribution in [1.29, 1.82) is 0 Å². The maximum Gasteiger partial charge on any atom is 0.287 e. The minimum absolute atomic E-state index is 0.175. The highest BCUT2D eigenvalue weighted by molar-refractivity contribution is 5.91. The largest absolute Gasteiger partial charge is 0.453 e. The van der Waals surface area contributed by atoms with Gasteiger partial charge in [0.05, 0.1) is 0 Å². The highest BCUT2D eigenvalue weighted by atomic mass is 16.5. The van der Waals surface area contributed by atoms with E-state index in [-0.39, 0.29) is 5.91 Å². The molecule has 0 aromatic carbocycles. The van der Waals surface area contributed by atoms with Crippen molar-refractivity contribution in [3.8, 4) is 0 Å². The maximum atomic E-state index is 11.5. The number of furan rings is 1. The second-order valence-electron chi connectivity index (χ2n) is 3.80. The molecule has 0 bridgehead atoms. The van der Waals surface area contributed by atoms with Crippen LogP contribution in [0.15, 0.2) is 16.5 Å². The second kappa shape index (κ2) is 5.56. The molecule has 0 unspecified atom stereocenters. The van der Waals surface area contributed by atoms with Gasteiger partial charge in [-0.2, -0.15) is 0 Å². The summed E-state index contributed by atoms with van der Waals surface area (Å²) in [5, 5.41) is 2.78. The zero-order chi connectivity index (χ0) is 11.3. The number of amides is 1. The van der Waals surface area contributed by atoms with Gasteiger partial charge in [-0.05, 0) is 18.1 Å². The molecule has 0 saturated carbocycles. The summed E-state index contributed by atoms with van der Waals surface area (Å²) in [7, 11) is 1.58. The van der Waals surface area contributed by atoms with Crippen molar-refractivity contribution in [3.05, 3.63) is 23.7 Å². The van der Waals surface area contributed by atoms with Crippen LogP contribution < -0.4 is 5.32 Å². The van der Waals surface area contributed by atoms with Crippen molar-refractivity contribution >= 4 is 5.91 Å². The van der Waals surface area contributed by atoms with Crippen LogP contribution in [0.3, 0.4) is 0 Å². The SMILES string of the molecule is COCc1ccc(C(=O)NCC(C)C)o1. The molecule has 1 rings (SSSR count). The smallest absolute Gasteiger partial charge is 0.287 e. The van der Waals surface area contributed by atoms with Gasteiger partial charge in [-0.25, -0.2) is 0 Å². The van der Waals surface area contributed by atoms with Crippen LogP contribution in [-0.2, 0) is 11.3 Å². The standard InChI is InChI=1S/C11H17NO3/c1-8(2)6-12-11(13)10-5-4-9(15-10)7-14-3/h4-5,8H,6-7H2,1-3H3,(H,12,13). The van der Waals surface area contributed by atoms with Gasteiger partial charge in [0.25, 0.3) is 5.91 Å². The van der Waals surface area contributed by atoms with Crippen molar-refractivity contribution in [2.45, 2.75) is 20.5 Å². The van der Waals surface area contributed by atoms with Gasteiger partial charge in [0.15, 0.2) is 5.76 Å². The molecule has 0 radical (unpaired) electrons. The average molecular weight is 211 g/mol. The first-order chi connectivity index (χ1) is 7.13. The van der Waals surface area contributed by atoms with Crippen molar-refractivity contribution < 1.29 is 13.9 Å². The molecule has 0 saturated heterocycles. The Morgan fingerprint density at radius 1 is 1.53 bits per heavy atom. The summed E-state index contributed by atoms with van der Waals surface area (Å²) < 4.78 is 10.2. The number of methoxy groups -OCH3 is 1. The Kier molecular flexibility index (Phi) is 4.37. The van der Waals surface area contributed by atoms with Gasteiger partial charge >= 0.3 is 0 Å². The second-order valence-corrected chi connectivity index (χ2v) is 3.80. The quantitative estimate of drug-likeness (QED) is 0.808. The third-order valence-corrected chi connectivity index (χ3v) is 1.84. The maximum absolute atomic E-state index is 11.5. The first kappa shape index (κ1) is 11.8. The molecule has 15 heavy (non-hydrogen) atoms. The molecule has 1 amide bonds. The topological polar surface area (TPSA) is 51.5 Å². The Bertz CT molecular complexity index is 317. The minimum Gasteiger partial charge on any atom is -0.453 e. The molecular formula is C11H17NO3. The van der Waals surface area contributed by atoms with Crippen LogP contribution >= 0.6 is 0 Å². The van der Waals surface area contributed by atoms with Crippen LogP contribution in [0, 0.1) is 5.92 Å². The lowest BCUT2D eigenvalue weighted by Crippen LogP contribution is -2.26. The van der Waals surface area contributed by atoms with E-state index in [1.165, 1.54) is 0 Å². The van der Waals surface area contributed by atoms with E-state index in [2.05, 4.69) is 5.32 Å². The number of ether oxygens (including phenoxy) is 1. The number of nitrogens with one attached hydrogen (secondary N) is 1. The zero-order valence-corrected chi connectivity index (χ0v) is 9.37. The monoisotopic (exact) mass is 211 g/mol. The van der Waals surface area contributed by atoms with E-state index in [0.29, 0.717) is 30.6 Å². The van der Waals surface area contributed by atoms with Crippen LogP contribution in [0.5, 0.6) is 0 Å². The first-order valence-electron chi connectivity index (χ1n) is 4.99. The highest BCUT2D eigenvalue weighted by Crippen LogP contribution is 2.08. The van der Waals surface area contributed by atoms with E-state index in [1.54, 1.807) is 19.2 Å². The van der Waals surface area contributed by atoms with Crippen LogP contribution in [0.25, 0.3) is 0 Å². The van der Waals surface area contributed by atoms with Crippen LogP contribution in [0.1, 0.15) is 30.2 Å². The predicted molar refractivity (Wildman–Crippen MR) is 56.6 cm³/mol. The van der Waals surface area contributed by atoms with Crippen molar-refractivity contribution in [1.82, 2.24) is 5.32 Å². The lowest BCUT2D eigenvalue weighted by Gasteiger charge is -2.05. The summed E-state index contributed by atoms with van der Waals surface area (Å²) in [6, 6.07) is 3.40. The molecule has 4 nitrogen and oxygen atoms in total. The molecule has 1 aromatic heterocycles. The van der Waals surface area contributed by atoms with E-state index in [4.69, 9.17) is 9.15 Å². The fourth-order valence-electron chi connectivity index (χ4n) is 1.10. The molecule has 0 spiro atoms. The van der Waals surface area contributed by atoms with Crippen LogP contribution in [-0.4, -0.2) is 19.6 Å². The zero-order valence-electron chi connectivity index (χ0n) is 9.37. The fraction of sp³-hybridized carbons (Fsp3) is 0.545. The van der Waals surface area contributed by atoms with Gasteiger partial charge in [0.2, 0.25) is 0 Å². The Balaban J connectivity index is 2.50. The number of rotatable bonds is 5. The lowest BCUT2D eigenvalue weighted by atomic mass is 10.2. The van der Waals surface area contributed by atoms with Crippen LogP contribution in [0.2, 0.25) is 0 Å². The molecule has 0 aliphatic carbocycles. The van der Waals surface area contributed by atoms with Crippen molar-refractivity contribution in [3.63, 3.8) is 0 Å². The number of hydrogen-bond donors (Lipinski definition) is 1. The van der Waals surface area contributed by atoms with Crippen molar-refractivity contribution in [2.75, 3.05) is 13.7 Å². The molecule has 4 heteroatoms. The van der Waals surface area contributed by atoms with Crippen LogP contribution in [0.4, 0.5) is 0 Å². The van der Waals surface area contributed by atoms with Gasteiger partial charge in [-0.15, -0.1) is 0 Å². The predicted octanol–water partition coefficient (Wildman–Crippen LogP) is 1.81. The highest BCUT2D eigenvalue weighted by Gasteiger charge is 2.10. The molecule has 0 atom stereocenters. The minimum atomic E-state index is -0.175. The number of hydrogen-bond acceptors (Lipinski definition) is 3. The van der Waals surface area contributed by atoms with E-state index in [1.807, 2.05) is 13.8 Å². The Labute approximate surface area is 89.6 Å². The Hall–Kier alpha value is -1.29. The van der Waals surface area contributed by atoms with E-state index in [0.717, 1.165) is 0 Å². The molecule has 1 N–H and O–H groups in total. The van der Waals surface area contributed by atoms with Gasteiger partial charge in [-0.3, -0.25) is 4.79 Å². The summed E-state index contributed by atoms with van der Waals surface area (Å²) in [6.07, 6.45) is 0. The summed E-state index contributed by atoms with van der Waals surface area (Å²) >= 11 is 0. The van der Waals surface area contributed by atoms with Crippen molar-refractivity contribution in [2.24, 2.45) is 5.92 Å². The number of carbonyl (C=O) groups is 1. The third kappa shape index (κ3) is 3.75. The van der Waals surface area contributed by atoms with Gasteiger partial charge < -0.3 is 14.5 Å². The summed E-state index contributed by atoms with van der Waals surface area (Å²) in [5.41, 5.74) is 0. The molecule has 0 aliphatic rings. The molecule has 84 valence electrons. The Morgan fingerprint density at radius 2 is 2.27 bits per heavy atom. The normalized spacial score (nSPS) is 10.7. The van der Waals surface area contributed by atoms with Gasteiger partial charge in [0.1, 0.15) is 12.4 Å².